The van der Waals surface area contributed by atoms with E-state index in [1.165, 1.54) is 11.3 Å². The molecule has 0 spiro atoms. The second-order valence-corrected chi connectivity index (χ2v) is 7.24. The highest BCUT2D eigenvalue weighted by atomic mass is 35.5. The lowest BCUT2D eigenvalue weighted by Gasteiger charge is -2.23. The summed E-state index contributed by atoms with van der Waals surface area (Å²) in [5.74, 6) is 1.13. The van der Waals surface area contributed by atoms with Crippen LogP contribution in [0.1, 0.15) is 16.1 Å². The molecule has 0 atom stereocenters. The van der Waals surface area contributed by atoms with Crippen molar-refractivity contribution < 1.29 is 0 Å². The molecule has 1 aromatic carbocycles. The van der Waals surface area contributed by atoms with Crippen molar-refractivity contribution in [2.45, 2.75) is 6.92 Å². The van der Waals surface area contributed by atoms with E-state index in [-0.39, 0.29) is 0 Å². The summed E-state index contributed by atoms with van der Waals surface area (Å²) in [7, 11) is 0. The van der Waals surface area contributed by atoms with Crippen LogP contribution in [0.25, 0.3) is 0 Å². The molecule has 1 heterocycles. The predicted molar refractivity (Wildman–Crippen MR) is 110 cm³/mol. The van der Waals surface area contributed by atoms with E-state index in [1.54, 1.807) is 6.20 Å². The number of thiazole rings is 1. The fourth-order valence-electron chi connectivity index (χ4n) is 2.15. The van der Waals surface area contributed by atoms with Gasteiger partial charge in [0, 0.05) is 36.8 Å². The number of halogens is 2. The Labute approximate surface area is 161 Å². The quantitative estimate of drug-likeness (QED) is 0.411. The minimum Gasteiger partial charge on any atom is -0.387 e. The molecule has 2 rings (SSSR count). The zero-order chi connectivity index (χ0) is 17.5. The number of hydrogen-bond acceptors (Lipinski definition) is 5. The molecule has 0 aliphatic carbocycles. The van der Waals surface area contributed by atoms with Gasteiger partial charge in [0.2, 0.25) is 0 Å². The first-order chi connectivity index (χ1) is 11.5. The van der Waals surface area contributed by atoms with E-state index < -0.39 is 0 Å². The maximum atomic E-state index is 5.87. The SMILES string of the molecule is Cc1cc(N(CCCl)CCCl)ccc1C=Nc1cnc(C(N)=S)s1. The van der Waals surface area contributed by atoms with Crippen LogP contribution in [0.3, 0.4) is 0 Å². The minimum atomic E-state index is 0.292. The summed E-state index contributed by atoms with van der Waals surface area (Å²) in [6, 6.07) is 6.22. The smallest absolute Gasteiger partial charge is 0.152 e. The van der Waals surface area contributed by atoms with Gasteiger partial charge in [-0.2, -0.15) is 0 Å². The van der Waals surface area contributed by atoms with Crippen LogP contribution < -0.4 is 10.6 Å². The molecular weight excluding hydrogens is 383 g/mol. The summed E-state index contributed by atoms with van der Waals surface area (Å²) in [5.41, 5.74) is 8.84. The van der Waals surface area contributed by atoms with Gasteiger partial charge in [0.15, 0.2) is 5.01 Å². The van der Waals surface area contributed by atoms with Crippen molar-refractivity contribution in [3.8, 4) is 0 Å². The minimum absolute atomic E-state index is 0.292. The molecule has 24 heavy (non-hydrogen) atoms. The summed E-state index contributed by atoms with van der Waals surface area (Å²) in [6.45, 7) is 3.59. The van der Waals surface area contributed by atoms with Crippen molar-refractivity contribution in [2.24, 2.45) is 10.7 Å². The average molecular weight is 401 g/mol. The number of aromatic nitrogens is 1. The number of hydrogen-bond donors (Lipinski definition) is 1. The molecule has 4 nitrogen and oxygen atoms in total. The van der Waals surface area contributed by atoms with Gasteiger partial charge < -0.3 is 10.6 Å². The Hall–Kier alpha value is -1.21. The Kier molecular flexibility index (Phi) is 7.42. The largest absolute Gasteiger partial charge is 0.387 e. The molecule has 0 fully saturated rings. The molecule has 0 bridgehead atoms. The molecule has 0 radical (unpaired) electrons. The zero-order valence-corrected chi connectivity index (χ0v) is 16.4. The van der Waals surface area contributed by atoms with Gasteiger partial charge >= 0.3 is 0 Å². The number of thiocarbonyl (C=S) groups is 1. The number of aryl methyl sites for hydroxylation is 1. The Balaban J connectivity index is 2.16. The fourth-order valence-corrected chi connectivity index (χ4v) is 3.35. The van der Waals surface area contributed by atoms with Crippen molar-refractivity contribution in [3.05, 3.63) is 40.5 Å². The highest BCUT2D eigenvalue weighted by molar-refractivity contribution is 7.81. The van der Waals surface area contributed by atoms with Crippen molar-refractivity contribution in [1.29, 1.82) is 0 Å². The topological polar surface area (TPSA) is 54.5 Å². The standard InChI is InChI=1S/C16H18Cl2N4S2/c1-11-8-13(22(6-4-17)7-5-18)3-2-12(11)9-20-14-10-21-16(24-14)15(19)23/h2-3,8-10H,4-7H2,1H3,(H2,19,23). The molecule has 0 amide bonds. The zero-order valence-electron chi connectivity index (χ0n) is 13.2. The summed E-state index contributed by atoms with van der Waals surface area (Å²) in [5, 5.41) is 1.40. The average Bonchev–Trinajstić information content (AvgIpc) is 3.03. The maximum Gasteiger partial charge on any atom is 0.152 e. The maximum absolute atomic E-state index is 5.87. The summed E-state index contributed by atoms with van der Waals surface area (Å²) in [6.07, 6.45) is 3.49. The lowest BCUT2D eigenvalue weighted by atomic mass is 10.1. The van der Waals surface area contributed by atoms with Crippen molar-refractivity contribution >= 4 is 68.6 Å². The summed E-state index contributed by atoms with van der Waals surface area (Å²) in [4.78, 5) is 11.0. The Morgan fingerprint density at radius 2 is 2.08 bits per heavy atom. The third-order valence-corrected chi connectivity index (χ3v) is 4.96. The summed E-state index contributed by atoms with van der Waals surface area (Å²) < 4.78 is 0. The van der Waals surface area contributed by atoms with Gasteiger partial charge in [0.25, 0.3) is 0 Å². The van der Waals surface area contributed by atoms with Gasteiger partial charge in [-0.1, -0.05) is 29.6 Å². The van der Waals surface area contributed by atoms with Crippen molar-refractivity contribution in [2.75, 3.05) is 29.7 Å². The number of aliphatic imine (C=N–C) groups is 1. The molecule has 2 N–H and O–H groups in total. The molecule has 8 heteroatoms. The molecule has 2 aromatic rings. The molecule has 0 aliphatic heterocycles. The number of benzene rings is 1. The van der Waals surface area contributed by atoms with Crippen LogP contribution >= 0.6 is 46.8 Å². The van der Waals surface area contributed by atoms with Crippen LogP contribution in [-0.4, -0.2) is 41.0 Å². The number of alkyl halides is 2. The van der Waals surface area contributed by atoms with Gasteiger partial charge in [-0.25, -0.2) is 9.98 Å². The van der Waals surface area contributed by atoms with Crippen LogP contribution in [0, 0.1) is 6.92 Å². The highest BCUT2D eigenvalue weighted by Crippen LogP contribution is 2.23. The highest BCUT2D eigenvalue weighted by Gasteiger charge is 2.07. The number of anilines is 1. The molecule has 1 aromatic heterocycles. The van der Waals surface area contributed by atoms with E-state index in [2.05, 4.69) is 33.9 Å². The Morgan fingerprint density at radius 1 is 1.38 bits per heavy atom. The molecule has 0 saturated heterocycles. The molecule has 128 valence electrons. The van der Waals surface area contributed by atoms with E-state index in [9.17, 15) is 0 Å². The van der Waals surface area contributed by atoms with E-state index >= 15 is 0 Å². The normalized spacial score (nSPS) is 11.1. The van der Waals surface area contributed by atoms with Crippen LogP contribution in [0.5, 0.6) is 0 Å². The third kappa shape index (κ3) is 5.14. The van der Waals surface area contributed by atoms with Gasteiger partial charge in [0.1, 0.15) is 9.99 Å². The van der Waals surface area contributed by atoms with Crippen LogP contribution in [0.15, 0.2) is 29.4 Å². The second kappa shape index (κ2) is 9.32. The van der Waals surface area contributed by atoms with Crippen molar-refractivity contribution in [1.82, 2.24) is 4.98 Å². The Bertz CT molecular complexity index is 725. The lowest BCUT2D eigenvalue weighted by molar-refractivity contribution is 0.873. The second-order valence-electron chi connectivity index (χ2n) is 5.03. The van der Waals surface area contributed by atoms with E-state index in [4.69, 9.17) is 41.2 Å². The van der Waals surface area contributed by atoms with Gasteiger partial charge in [0.05, 0.1) is 6.20 Å². The number of nitrogens with zero attached hydrogens (tertiary/aromatic N) is 3. The monoisotopic (exact) mass is 400 g/mol. The van der Waals surface area contributed by atoms with Gasteiger partial charge in [-0.15, -0.1) is 23.2 Å². The molecule has 0 saturated carbocycles. The molecule has 0 aliphatic rings. The third-order valence-electron chi connectivity index (χ3n) is 3.36. The van der Waals surface area contributed by atoms with Crippen LogP contribution in [0.4, 0.5) is 10.7 Å². The van der Waals surface area contributed by atoms with Gasteiger partial charge in [-0.3, -0.25) is 0 Å². The summed E-state index contributed by atoms with van der Waals surface area (Å²) >= 11 is 18.0. The molecule has 0 unspecified atom stereocenters. The first-order valence-electron chi connectivity index (χ1n) is 7.32. The van der Waals surface area contributed by atoms with Crippen LogP contribution in [0.2, 0.25) is 0 Å². The molecular formula is C16H18Cl2N4S2. The van der Waals surface area contributed by atoms with Crippen molar-refractivity contribution in [3.63, 3.8) is 0 Å². The fraction of sp³-hybridized carbons (Fsp3) is 0.312. The first-order valence-corrected chi connectivity index (χ1v) is 9.61. The van der Waals surface area contributed by atoms with Gasteiger partial charge in [-0.05, 0) is 30.2 Å². The Morgan fingerprint density at radius 3 is 2.62 bits per heavy atom. The predicted octanol–water partition coefficient (Wildman–Crippen LogP) is 4.12. The first kappa shape index (κ1) is 19.1. The van der Waals surface area contributed by atoms with Crippen LogP contribution in [-0.2, 0) is 0 Å². The number of rotatable bonds is 8. The lowest BCUT2D eigenvalue weighted by Crippen LogP contribution is -2.27. The van der Waals surface area contributed by atoms with E-state index in [1.807, 2.05) is 12.3 Å². The van der Waals surface area contributed by atoms with E-state index in [0.717, 1.165) is 34.9 Å². The van der Waals surface area contributed by atoms with E-state index in [0.29, 0.717) is 21.8 Å². The number of nitrogens with two attached hydrogens (primary N) is 1.